The number of methoxy groups -OCH3 is 1. The predicted molar refractivity (Wildman–Crippen MR) is 74.7 cm³/mol. The summed E-state index contributed by atoms with van der Waals surface area (Å²) in [6.07, 6.45) is 2.35. The Hall–Kier alpha value is -1.69. The SMILES string of the molecule is COc1cccc(CSc2nnc(C3CC3)n2N)c1. The number of thioether (sulfide) groups is 1. The summed E-state index contributed by atoms with van der Waals surface area (Å²) in [6.45, 7) is 0. The van der Waals surface area contributed by atoms with E-state index in [0.717, 1.165) is 22.5 Å². The number of nitrogen functional groups attached to an aromatic ring is 1. The average molecular weight is 276 g/mol. The number of nitrogens with two attached hydrogens (primary N) is 1. The fraction of sp³-hybridized carbons (Fsp3) is 0.385. The van der Waals surface area contributed by atoms with Crippen molar-refractivity contribution in [2.24, 2.45) is 0 Å². The molecule has 1 fully saturated rings. The Labute approximate surface area is 116 Å². The number of rotatable bonds is 5. The topological polar surface area (TPSA) is 66.0 Å². The van der Waals surface area contributed by atoms with Crippen LogP contribution in [0.3, 0.4) is 0 Å². The zero-order valence-corrected chi connectivity index (χ0v) is 11.6. The van der Waals surface area contributed by atoms with Gasteiger partial charge in [0, 0.05) is 11.7 Å². The van der Waals surface area contributed by atoms with Gasteiger partial charge in [0.1, 0.15) is 5.75 Å². The number of benzene rings is 1. The maximum absolute atomic E-state index is 6.01. The molecular weight excluding hydrogens is 260 g/mol. The lowest BCUT2D eigenvalue weighted by atomic mass is 10.2. The van der Waals surface area contributed by atoms with Crippen LogP contribution in [0.5, 0.6) is 5.75 Å². The van der Waals surface area contributed by atoms with Gasteiger partial charge in [-0.1, -0.05) is 23.9 Å². The van der Waals surface area contributed by atoms with Gasteiger partial charge in [-0.2, -0.15) is 0 Å². The molecule has 1 aromatic heterocycles. The van der Waals surface area contributed by atoms with Gasteiger partial charge >= 0.3 is 0 Å². The second kappa shape index (κ2) is 5.13. The molecular formula is C13H16N4OS. The van der Waals surface area contributed by atoms with Gasteiger partial charge in [-0.15, -0.1) is 10.2 Å². The summed E-state index contributed by atoms with van der Waals surface area (Å²) in [5, 5.41) is 9.09. The van der Waals surface area contributed by atoms with Crippen molar-refractivity contribution < 1.29 is 4.74 Å². The normalized spacial score (nSPS) is 14.6. The van der Waals surface area contributed by atoms with Crippen LogP contribution in [-0.2, 0) is 5.75 Å². The highest BCUT2D eigenvalue weighted by atomic mass is 32.2. The van der Waals surface area contributed by atoms with Gasteiger partial charge in [0.05, 0.1) is 7.11 Å². The number of ether oxygens (including phenoxy) is 1. The van der Waals surface area contributed by atoms with Crippen molar-refractivity contribution in [2.45, 2.75) is 29.7 Å². The number of nitrogens with zero attached hydrogens (tertiary/aromatic N) is 3. The van der Waals surface area contributed by atoms with Crippen LogP contribution in [0, 0.1) is 0 Å². The second-order valence-corrected chi connectivity index (χ2v) is 5.57. The Morgan fingerprint density at radius 3 is 3.00 bits per heavy atom. The Morgan fingerprint density at radius 1 is 1.42 bits per heavy atom. The summed E-state index contributed by atoms with van der Waals surface area (Å²) in [5.41, 5.74) is 1.18. The largest absolute Gasteiger partial charge is 0.497 e. The summed E-state index contributed by atoms with van der Waals surface area (Å²) < 4.78 is 6.83. The third-order valence-corrected chi connectivity index (χ3v) is 4.15. The first-order valence-corrected chi connectivity index (χ1v) is 7.22. The molecule has 1 aromatic carbocycles. The number of hydrogen-bond donors (Lipinski definition) is 1. The molecule has 2 N–H and O–H groups in total. The van der Waals surface area contributed by atoms with E-state index in [-0.39, 0.29) is 0 Å². The van der Waals surface area contributed by atoms with E-state index in [1.807, 2.05) is 18.2 Å². The smallest absolute Gasteiger partial charge is 0.210 e. The summed E-state index contributed by atoms with van der Waals surface area (Å²) in [7, 11) is 1.67. The first kappa shape index (κ1) is 12.3. The van der Waals surface area contributed by atoms with Gasteiger partial charge in [-0.25, -0.2) is 4.68 Å². The molecule has 0 spiro atoms. The van der Waals surface area contributed by atoms with Gasteiger partial charge in [-0.05, 0) is 30.5 Å². The summed E-state index contributed by atoms with van der Waals surface area (Å²) in [4.78, 5) is 0. The van der Waals surface area contributed by atoms with E-state index in [1.54, 1.807) is 23.5 Å². The predicted octanol–water partition coefficient (Wildman–Crippen LogP) is 2.17. The maximum atomic E-state index is 6.01. The van der Waals surface area contributed by atoms with Crippen molar-refractivity contribution in [3.63, 3.8) is 0 Å². The fourth-order valence-corrected chi connectivity index (χ4v) is 2.72. The van der Waals surface area contributed by atoms with Crippen LogP contribution in [0.1, 0.15) is 30.1 Å². The minimum atomic E-state index is 0.517. The maximum Gasteiger partial charge on any atom is 0.210 e. The highest BCUT2D eigenvalue weighted by Gasteiger charge is 2.29. The van der Waals surface area contributed by atoms with E-state index in [4.69, 9.17) is 10.6 Å². The molecule has 6 heteroatoms. The zero-order chi connectivity index (χ0) is 13.2. The molecule has 0 amide bonds. The fourth-order valence-electron chi connectivity index (χ4n) is 1.92. The molecule has 0 radical (unpaired) electrons. The quantitative estimate of drug-likeness (QED) is 0.669. The lowest BCUT2D eigenvalue weighted by molar-refractivity contribution is 0.414. The van der Waals surface area contributed by atoms with Gasteiger partial charge in [0.15, 0.2) is 5.82 Å². The molecule has 1 heterocycles. The molecule has 19 heavy (non-hydrogen) atoms. The van der Waals surface area contributed by atoms with Crippen LogP contribution in [0.4, 0.5) is 0 Å². The molecule has 1 saturated carbocycles. The van der Waals surface area contributed by atoms with E-state index in [0.29, 0.717) is 5.92 Å². The molecule has 0 unspecified atom stereocenters. The Kier molecular flexibility index (Phi) is 3.33. The molecule has 0 atom stereocenters. The molecule has 100 valence electrons. The van der Waals surface area contributed by atoms with E-state index in [9.17, 15) is 0 Å². The van der Waals surface area contributed by atoms with E-state index < -0.39 is 0 Å². The minimum Gasteiger partial charge on any atom is -0.497 e. The zero-order valence-electron chi connectivity index (χ0n) is 10.7. The van der Waals surface area contributed by atoms with Crippen LogP contribution in [-0.4, -0.2) is 22.0 Å². The number of hydrogen-bond acceptors (Lipinski definition) is 5. The van der Waals surface area contributed by atoms with Crippen molar-refractivity contribution in [3.8, 4) is 5.75 Å². The van der Waals surface area contributed by atoms with E-state index >= 15 is 0 Å². The molecule has 3 rings (SSSR count). The van der Waals surface area contributed by atoms with Gasteiger partial charge in [0.2, 0.25) is 5.16 Å². The standard InChI is InChI=1S/C13H16N4OS/c1-18-11-4-2-3-9(7-11)8-19-13-16-15-12(17(13)14)10-5-6-10/h2-4,7,10H,5-6,8,14H2,1H3. The second-order valence-electron chi connectivity index (χ2n) is 4.63. The van der Waals surface area contributed by atoms with Crippen molar-refractivity contribution in [1.82, 2.24) is 14.9 Å². The van der Waals surface area contributed by atoms with Gasteiger partial charge in [0.25, 0.3) is 0 Å². The van der Waals surface area contributed by atoms with Crippen LogP contribution in [0.25, 0.3) is 0 Å². The monoisotopic (exact) mass is 276 g/mol. The first-order chi connectivity index (χ1) is 9.28. The molecule has 1 aliphatic carbocycles. The molecule has 0 aliphatic heterocycles. The van der Waals surface area contributed by atoms with Crippen LogP contribution in [0.15, 0.2) is 29.4 Å². The van der Waals surface area contributed by atoms with E-state index in [1.165, 1.54) is 18.4 Å². The lowest BCUT2D eigenvalue weighted by Gasteiger charge is -2.04. The lowest BCUT2D eigenvalue weighted by Crippen LogP contribution is -2.13. The van der Waals surface area contributed by atoms with Crippen molar-refractivity contribution >= 4 is 11.8 Å². The number of aromatic nitrogens is 3. The van der Waals surface area contributed by atoms with Crippen LogP contribution in [0.2, 0.25) is 0 Å². The third-order valence-electron chi connectivity index (χ3n) is 3.14. The third kappa shape index (κ3) is 2.68. The molecule has 5 nitrogen and oxygen atoms in total. The van der Waals surface area contributed by atoms with E-state index in [2.05, 4.69) is 16.3 Å². The summed E-state index contributed by atoms with van der Waals surface area (Å²) in [6, 6.07) is 8.00. The van der Waals surface area contributed by atoms with Crippen LogP contribution < -0.4 is 10.6 Å². The van der Waals surface area contributed by atoms with Crippen LogP contribution >= 0.6 is 11.8 Å². The first-order valence-electron chi connectivity index (χ1n) is 6.24. The Balaban J connectivity index is 1.68. The van der Waals surface area contributed by atoms with Crippen molar-refractivity contribution in [3.05, 3.63) is 35.7 Å². The molecule has 1 aliphatic rings. The highest BCUT2D eigenvalue weighted by Crippen LogP contribution is 2.39. The van der Waals surface area contributed by atoms with Crippen molar-refractivity contribution in [2.75, 3.05) is 13.0 Å². The molecule has 0 bridgehead atoms. The Morgan fingerprint density at radius 2 is 2.26 bits per heavy atom. The summed E-state index contributed by atoms with van der Waals surface area (Å²) in [5.74, 6) is 9.11. The van der Waals surface area contributed by atoms with Crippen molar-refractivity contribution in [1.29, 1.82) is 0 Å². The highest BCUT2D eigenvalue weighted by molar-refractivity contribution is 7.98. The minimum absolute atomic E-state index is 0.517. The average Bonchev–Trinajstić information content (AvgIpc) is 3.21. The molecule has 2 aromatic rings. The Bertz CT molecular complexity index is 580. The van der Waals surface area contributed by atoms with Gasteiger partial charge < -0.3 is 10.6 Å². The van der Waals surface area contributed by atoms with Gasteiger partial charge in [-0.3, -0.25) is 0 Å². The summed E-state index contributed by atoms with van der Waals surface area (Å²) >= 11 is 1.59. The molecule has 0 saturated heterocycles.